The van der Waals surface area contributed by atoms with Crippen molar-refractivity contribution in [2.45, 2.75) is 25.8 Å². The highest BCUT2D eigenvalue weighted by Gasteiger charge is 2.21. The van der Waals surface area contributed by atoms with E-state index in [2.05, 4.69) is 11.4 Å². The van der Waals surface area contributed by atoms with Crippen LogP contribution in [0.5, 0.6) is 0 Å². The molecule has 1 aromatic heterocycles. The maximum Gasteiger partial charge on any atom is 0.223 e. The average molecular weight is 286 g/mol. The number of benzene rings is 1. The first-order valence-corrected chi connectivity index (χ1v) is 7.78. The van der Waals surface area contributed by atoms with Crippen molar-refractivity contribution in [1.82, 2.24) is 4.90 Å². The molecule has 104 valence electrons. The summed E-state index contributed by atoms with van der Waals surface area (Å²) in [5.74, 6) is 0.227. The smallest absolute Gasteiger partial charge is 0.223 e. The molecule has 1 aliphatic rings. The number of rotatable bonds is 3. The predicted molar refractivity (Wildman–Crippen MR) is 82.6 cm³/mol. The van der Waals surface area contributed by atoms with Gasteiger partial charge in [-0.05, 0) is 41.5 Å². The lowest BCUT2D eigenvalue weighted by atomic mass is 10.1. The first-order valence-electron chi connectivity index (χ1n) is 6.90. The maximum absolute atomic E-state index is 12.3. The molecule has 4 heteroatoms. The number of hydrogen-bond donors (Lipinski definition) is 1. The Morgan fingerprint density at radius 1 is 1.30 bits per heavy atom. The Hall–Kier alpha value is -1.81. The van der Waals surface area contributed by atoms with Crippen LogP contribution in [0.3, 0.4) is 0 Å². The molecule has 0 atom stereocenters. The molecule has 1 aromatic carbocycles. The van der Waals surface area contributed by atoms with E-state index in [0.717, 1.165) is 37.2 Å². The molecule has 1 amide bonds. The molecule has 2 heterocycles. The first-order chi connectivity index (χ1) is 9.74. The van der Waals surface area contributed by atoms with Gasteiger partial charge in [0.25, 0.3) is 0 Å². The van der Waals surface area contributed by atoms with E-state index in [1.54, 1.807) is 11.3 Å². The zero-order valence-corrected chi connectivity index (χ0v) is 12.2. The third kappa shape index (κ3) is 2.70. The number of nitrogens with two attached hydrogens (primary N) is 1. The fraction of sp³-hybridized carbons (Fsp3) is 0.312. The highest BCUT2D eigenvalue weighted by Crippen LogP contribution is 2.24. The minimum atomic E-state index is 0.227. The summed E-state index contributed by atoms with van der Waals surface area (Å²) in [5.41, 5.74) is 9.07. The monoisotopic (exact) mass is 286 g/mol. The maximum atomic E-state index is 12.3. The van der Waals surface area contributed by atoms with E-state index in [0.29, 0.717) is 6.42 Å². The molecule has 2 aromatic rings. The summed E-state index contributed by atoms with van der Waals surface area (Å²) in [6.45, 7) is 1.61. The third-order valence-electron chi connectivity index (χ3n) is 3.82. The topological polar surface area (TPSA) is 46.3 Å². The molecule has 0 fully saturated rings. The van der Waals surface area contributed by atoms with Crippen molar-refractivity contribution in [2.75, 3.05) is 12.3 Å². The summed E-state index contributed by atoms with van der Waals surface area (Å²) in [4.78, 5) is 15.7. The van der Waals surface area contributed by atoms with E-state index in [9.17, 15) is 4.79 Å². The lowest BCUT2D eigenvalue weighted by Gasteiger charge is -2.27. The molecular weight excluding hydrogens is 268 g/mol. The van der Waals surface area contributed by atoms with Crippen LogP contribution in [0.2, 0.25) is 0 Å². The van der Waals surface area contributed by atoms with Gasteiger partial charge in [-0.3, -0.25) is 4.79 Å². The number of aryl methyl sites for hydroxylation is 1. The van der Waals surface area contributed by atoms with E-state index in [1.165, 1.54) is 10.4 Å². The molecule has 20 heavy (non-hydrogen) atoms. The van der Waals surface area contributed by atoms with Crippen molar-refractivity contribution in [2.24, 2.45) is 0 Å². The summed E-state index contributed by atoms with van der Waals surface area (Å²) in [7, 11) is 0. The first kappa shape index (κ1) is 13.2. The van der Waals surface area contributed by atoms with Gasteiger partial charge in [0, 0.05) is 30.1 Å². The molecule has 3 rings (SSSR count). The van der Waals surface area contributed by atoms with Crippen molar-refractivity contribution in [1.29, 1.82) is 0 Å². The fourth-order valence-electron chi connectivity index (χ4n) is 2.62. The van der Waals surface area contributed by atoms with Crippen LogP contribution in [0.25, 0.3) is 0 Å². The van der Waals surface area contributed by atoms with Gasteiger partial charge < -0.3 is 10.6 Å². The van der Waals surface area contributed by atoms with Gasteiger partial charge in [0.1, 0.15) is 0 Å². The van der Waals surface area contributed by atoms with Crippen molar-refractivity contribution in [3.05, 3.63) is 51.7 Å². The Balaban J connectivity index is 1.59. The van der Waals surface area contributed by atoms with Crippen LogP contribution in [0.1, 0.15) is 22.4 Å². The second-order valence-electron chi connectivity index (χ2n) is 5.13. The predicted octanol–water partition coefficient (Wildman–Crippen LogP) is 2.85. The number of fused-ring (bicyclic) bond motifs is 1. The van der Waals surface area contributed by atoms with Gasteiger partial charge in [-0.1, -0.05) is 18.2 Å². The molecule has 0 radical (unpaired) electrons. The average Bonchev–Trinajstić information content (AvgIpc) is 2.93. The lowest BCUT2D eigenvalue weighted by Crippen LogP contribution is -2.35. The molecule has 0 unspecified atom stereocenters. The number of anilines is 1. The highest BCUT2D eigenvalue weighted by molar-refractivity contribution is 7.10. The van der Waals surface area contributed by atoms with Crippen LogP contribution < -0.4 is 5.73 Å². The molecule has 0 saturated heterocycles. The number of carbonyl (C=O) groups excluding carboxylic acids is 1. The van der Waals surface area contributed by atoms with E-state index < -0.39 is 0 Å². The molecule has 2 N–H and O–H groups in total. The van der Waals surface area contributed by atoms with Crippen LogP contribution in [0.15, 0.2) is 35.7 Å². The molecule has 0 spiro atoms. The summed E-state index contributed by atoms with van der Waals surface area (Å²) >= 11 is 1.80. The van der Waals surface area contributed by atoms with E-state index in [1.807, 2.05) is 29.2 Å². The van der Waals surface area contributed by atoms with Gasteiger partial charge in [-0.15, -0.1) is 11.3 Å². The minimum Gasteiger partial charge on any atom is -0.399 e. The largest absolute Gasteiger partial charge is 0.399 e. The number of nitrogen functional groups attached to an aromatic ring is 1. The van der Waals surface area contributed by atoms with Crippen LogP contribution in [-0.2, 0) is 24.2 Å². The second-order valence-corrected chi connectivity index (χ2v) is 6.13. The van der Waals surface area contributed by atoms with Gasteiger partial charge in [-0.25, -0.2) is 0 Å². The van der Waals surface area contributed by atoms with Crippen LogP contribution >= 0.6 is 11.3 Å². The normalized spacial score (nSPS) is 14.1. The molecular formula is C16H18N2OS. The van der Waals surface area contributed by atoms with Gasteiger partial charge in [0.15, 0.2) is 0 Å². The minimum absolute atomic E-state index is 0.227. The number of amides is 1. The number of nitrogens with zero attached hydrogens (tertiary/aromatic N) is 1. The quantitative estimate of drug-likeness (QED) is 0.882. The Morgan fingerprint density at radius 2 is 2.15 bits per heavy atom. The Kier molecular flexibility index (Phi) is 3.74. The van der Waals surface area contributed by atoms with Crippen LogP contribution in [-0.4, -0.2) is 17.4 Å². The molecule has 1 aliphatic heterocycles. The van der Waals surface area contributed by atoms with Gasteiger partial charge >= 0.3 is 0 Å². The number of hydrogen-bond acceptors (Lipinski definition) is 3. The summed E-state index contributed by atoms with van der Waals surface area (Å²) in [5, 5.41) is 2.11. The summed E-state index contributed by atoms with van der Waals surface area (Å²) < 4.78 is 0. The van der Waals surface area contributed by atoms with Crippen LogP contribution in [0.4, 0.5) is 5.69 Å². The molecule has 0 saturated carbocycles. The zero-order chi connectivity index (χ0) is 13.9. The zero-order valence-electron chi connectivity index (χ0n) is 11.3. The number of carbonyl (C=O) groups is 1. The van der Waals surface area contributed by atoms with Crippen molar-refractivity contribution >= 4 is 22.9 Å². The van der Waals surface area contributed by atoms with Gasteiger partial charge in [0.2, 0.25) is 5.91 Å². The lowest BCUT2D eigenvalue weighted by molar-refractivity contribution is -0.132. The van der Waals surface area contributed by atoms with Crippen LogP contribution in [0, 0.1) is 0 Å². The second kappa shape index (κ2) is 5.67. The summed E-state index contributed by atoms with van der Waals surface area (Å²) in [6, 6.07) is 9.90. The number of thiophene rings is 1. The van der Waals surface area contributed by atoms with E-state index in [-0.39, 0.29) is 5.91 Å². The Bertz CT molecular complexity index is 620. The van der Waals surface area contributed by atoms with Crippen molar-refractivity contribution in [3.8, 4) is 0 Å². The molecule has 0 bridgehead atoms. The molecule has 0 aliphatic carbocycles. The summed E-state index contributed by atoms with van der Waals surface area (Å²) in [6.07, 6.45) is 2.25. The SMILES string of the molecule is Nc1ccccc1CCC(=O)N1CCc2sccc2C1. The molecule has 3 nitrogen and oxygen atoms in total. The van der Waals surface area contributed by atoms with E-state index in [4.69, 9.17) is 5.73 Å². The van der Waals surface area contributed by atoms with Crippen molar-refractivity contribution < 1.29 is 4.79 Å². The van der Waals surface area contributed by atoms with Gasteiger partial charge in [-0.2, -0.15) is 0 Å². The number of para-hydroxylation sites is 1. The fourth-order valence-corrected chi connectivity index (χ4v) is 3.51. The van der Waals surface area contributed by atoms with Gasteiger partial charge in [0.05, 0.1) is 0 Å². The van der Waals surface area contributed by atoms with E-state index >= 15 is 0 Å². The third-order valence-corrected chi connectivity index (χ3v) is 4.85. The van der Waals surface area contributed by atoms with Crippen molar-refractivity contribution in [3.63, 3.8) is 0 Å². The Morgan fingerprint density at radius 3 is 3.00 bits per heavy atom. The standard InChI is InChI=1S/C16H18N2OS/c17-14-4-2-1-3-12(14)5-6-16(19)18-9-7-15-13(11-18)8-10-20-15/h1-4,8,10H,5-7,9,11,17H2. The Labute approximate surface area is 123 Å². The highest BCUT2D eigenvalue weighted by atomic mass is 32.1.